The molecule has 3 N–H and O–H groups in total. The van der Waals surface area contributed by atoms with Crippen LogP contribution in [0, 0.1) is 17.0 Å². The van der Waals surface area contributed by atoms with Crippen molar-refractivity contribution in [1.29, 1.82) is 0 Å². The van der Waals surface area contributed by atoms with Crippen molar-refractivity contribution in [3.05, 3.63) is 33.9 Å². The topological polar surface area (TPSA) is 151 Å². The molecule has 1 aromatic rings. The Bertz CT molecular complexity index is 680. The Balaban J connectivity index is 0.000000656. The van der Waals surface area contributed by atoms with Crippen molar-refractivity contribution in [2.45, 2.75) is 19.8 Å². The van der Waals surface area contributed by atoms with Crippen LogP contribution >= 0.6 is 0 Å². The van der Waals surface area contributed by atoms with E-state index in [1.165, 1.54) is 6.07 Å². The van der Waals surface area contributed by atoms with Crippen molar-refractivity contribution < 1.29 is 34.2 Å². The molecule has 0 bridgehead atoms. The van der Waals surface area contributed by atoms with Gasteiger partial charge >= 0.3 is 17.6 Å². The van der Waals surface area contributed by atoms with Gasteiger partial charge in [0.05, 0.1) is 24.7 Å². The van der Waals surface area contributed by atoms with Crippen LogP contribution in [0.15, 0.2) is 18.2 Å². The second-order valence-corrected chi connectivity index (χ2v) is 6.60. The zero-order valence-electron chi connectivity index (χ0n) is 17.0. The van der Waals surface area contributed by atoms with Gasteiger partial charge in [0.1, 0.15) is 0 Å². The maximum Gasteiger partial charge on any atom is 0.414 e. The Morgan fingerprint density at radius 2 is 1.87 bits per heavy atom. The van der Waals surface area contributed by atoms with Gasteiger partial charge in [0.2, 0.25) is 0 Å². The lowest BCUT2D eigenvalue weighted by Crippen LogP contribution is -2.40. The highest BCUT2D eigenvalue weighted by Gasteiger charge is 2.14. The van der Waals surface area contributed by atoms with Crippen LogP contribution in [0.25, 0.3) is 0 Å². The van der Waals surface area contributed by atoms with E-state index in [9.17, 15) is 10.1 Å². The Kier molecular flexibility index (Phi) is 12.0. The van der Waals surface area contributed by atoms with Crippen LogP contribution in [0.5, 0.6) is 5.75 Å². The van der Waals surface area contributed by atoms with Crippen molar-refractivity contribution in [2.24, 2.45) is 0 Å². The van der Waals surface area contributed by atoms with Crippen molar-refractivity contribution in [2.75, 3.05) is 52.5 Å². The van der Waals surface area contributed by atoms with Gasteiger partial charge in [-0.3, -0.25) is 15.0 Å². The van der Waals surface area contributed by atoms with Gasteiger partial charge in [0.25, 0.3) is 0 Å². The van der Waals surface area contributed by atoms with Crippen molar-refractivity contribution in [3.63, 3.8) is 0 Å². The van der Waals surface area contributed by atoms with Gasteiger partial charge in [-0.05, 0) is 37.9 Å². The minimum Gasteiger partial charge on any atom is -0.487 e. The molecule has 0 atom stereocenters. The third-order valence-corrected chi connectivity index (χ3v) is 4.21. The van der Waals surface area contributed by atoms with Gasteiger partial charge in [-0.15, -0.1) is 0 Å². The number of hydrogen-bond acceptors (Lipinski definition) is 8. The van der Waals surface area contributed by atoms with Crippen molar-refractivity contribution >= 4 is 17.6 Å². The third-order valence-electron chi connectivity index (χ3n) is 4.21. The average molecular weight is 427 g/mol. The summed E-state index contributed by atoms with van der Waals surface area (Å²) in [6, 6.07) is 4.94. The SMILES string of the molecule is Cc1ccc([N+](=O)[O-])c(OCCCCNCCN2CCOCC2)c1.O=C(O)C(=O)O. The molecule has 1 aliphatic heterocycles. The monoisotopic (exact) mass is 427 g/mol. The van der Waals surface area contributed by atoms with Crippen LogP contribution in [0.2, 0.25) is 0 Å². The van der Waals surface area contributed by atoms with Crippen LogP contribution in [-0.2, 0) is 14.3 Å². The van der Waals surface area contributed by atoms with E-state index in [1.54, 1.807) is 12.1 Å². The first-order chi connectivity index (χ1) is 14.3. The molecular formula is C19H29N3O8. The molecule has 1 saturated heterocycles. The highest BCUT2D eigenvalue weighted by atomic mass is 16.6. The van der Waals surface area contributed by atoms with Gasteiger partial charge in [-0.1, -0.05) is 6.07 Å². The van der Waals surface area contributed by atoms with Crippen LogP contribution in [0.3, 0.4) is 0 Å². The number of benzene rings is 1. The maximum atomic E-state index is 11.0. The number of unbranched alkanes of at least 4 members (excludes halogenated alkanes) is 1. The van der Waals surface area contributed by atoms with Gasteiger partial charge in [0, 0.05) is 32.2 Å². The highest BCUT2D eigenvalue weighted by Crippen LogP contribution is 2.27. The number of carboxylic acid groups (broad SMARTS) is 2. The summed E-state index contributed by atoms with van der Waals surface area (Å²) >= 11 is 0. The fourth-order valence-electron chi connectivity index (χ4n) is 2.61. The number of nitrogens with zero attached hydrogens (tertiary/aromatic N) is 2. The summed E-state index contributed by atoms with van der Waals surface area (Å²) in [6.07, 6.45) is 1.86. The maximum absolute atomic E-state index is 11.0. The molecule has 2 rings (SSSR count). The van der Waals surface area contributed by atoms with Crippen LogP contribution in [0.1, 0.15) is 18.4 Å². The number of ether oxygens (including phenoxy) is 2. The number of morpholine rings is 1. The number of carboxylic acids is 2. The smallest absolute Gasteiger partial charge is 0.414 e. The normalized spacial score (nSPS) is 13.8. The number of aryl methyl sites for hydroxylation is 1. The summed E-state index contributed by atoms with van der Waals surface area (Å²) in [5.41, 5.74) is 0.990. The lowest BCUT2D eigenvalue weighted by molar-refractivity contribution is -0.385. The van der Waals surface area contributed by atoms with E-state index in [0.717, 1.165) is 64.3 Å². The molecule has 30 heavy (non-hydrogen) atoms. The zero-order chi connectivity index (χ0) is 22.4. The van der Waals surface area contributed by atoms with E-state index in [-0.39, 0.29) is 5.69 Å². The Morgan fingerprint density at radius 3 is 2.47 bits per heavy atom. The number of nitro groups is 1. The van der Waals surface area contributed by atoms with Gasteiger partial charge in [-0.25, -0.2) is 9.59 Å². The second kappa shape index (κ2) is 14.3. The largest absolute Gasteiger partial charge is 0.487 e. The van der Waals surface area contributed by atoms with E-state index < -0.39 is 16.9 Å². The molecule has 11 nitrogen and oxygen atoms in total. The van der Waals surface area contributed by atoms with Crippen LogP contribution in [-0.4, -0.2) is 84.5 Å². The molecule has 1 heterocycles. The molecule has 0 spiro atoms. The van der Waals surface area contributed by atoms with Gasteiger partial charge in [-0.2, -0.15) is 0 Å². The van der Waals surface area contributed by atoms with E-state index in [4.69, 9.17) is 29.3 Å². The minimum atomic E-state index is -1.82. The highest BCUT2D eigenvalue weighted by molar-refractivity contribution is 6.27. The van der Waals surface area contributed by atoms with Crippen molar-refractivity contribution in [3.8, 4) is 5.75 Å². The molecule has 1 fully saturated rings. The molecule has 11 heteroatoms. The molecular weight excluding hydrogens is 398 g/mol. The fraction of sp³-hybridized carbons (Fsp3) is 0.579. The summed E-state index contributed by atoms with van der Waals surface area (Å²) in [5, 5.41) is 29.2. The molecule has 0 radical (unpaired) electrons. The number of nitrogens with one attached hydrogen (secondary N) is 1. The van der Waals surface area contributed by atoms with E-state index >= 15 is 0 Å². The third kappa shape index (κ3) is 10.7. The van der Waals surface area contributed by atoms with E-state index in [1.807, 2.05) is 6.92 Å². The summed E-state index contributed by atoms with van der Waals surface area (Å²) in [4.78, 5) is 31.2. The lowest BCUT2D eigenvalue weighted by atomic mass is 10.2. The predicted octanol–water partition coefficient (Wildman–Crippen LogP) is 1.14. The summed E-state index contributed by atoms with van der Waals surface area (Å²) in [7, 11) is 0. The molecule has 168 valence electrons. The molecule has 1 aliphatic rings. The average Bonchev–Trinajstić information content (AvgIpc) is 2.71. The van der Waals surface area contributed by atoms with E-state index in [2.05, 4.69) is 10.2 Å². The van der Waals surface area contributed by atoms with Crippen LogP contribution in [0.4, 0.5) is 5.69 Å². The fourth-order valence-corrected chi connectivity index (χ4v) is 2.61. The van der Waals surface area contributed by atoms with Crippen LogP contribution < -0.4 is 10.1 Å². The number of hydrogen-bond donors (Lipinski definition) is 3. The number of nitro benzene ring substituents is 1. The van der Waals surface area contributed by atoms with Gasteiger partial charge < -0.3 is 25.0 Å². The lowest BCUT2D eigenvalue weighted by Gasteiger charge is -2.26. The molecule has 1 aromatic carbocycles. The first-order valence-corrected chi connectivity index (χ1v) is 9.66. The Labute approximate surface area is 174 Å². The number of rotatable bonds is 10. The Morgan fingerprint density at radius 1 is 1.20 bits per heavy atom. The molecule has 0 amide bonds. The first kappa shape index (κ1) is 25.3. The predicted molar refractivity (Wildman–Crippen MR) is 108 cm³/mol. The standard InChI is InChI=1S/C17H27N3O4.C2H2O4/c1-15-4-5-16(20(21)22)17(14-15)24-11-3-2-6-18-7-8-19-9-12-23-13-10-19;3-1(4)2(5)6/h4-5,14,18H,2-3,6-13H2,1H3;(H,3,4)(H,5,6). The molecule has 0 unspecified atom stereocenters. The first-order valence-electron chi connectivity index (χ1n) is 9.66. The Hall–Kier alpha value is -2.76. The number of carbonyl (C=O) groups is 2. The summed E-state index contributed by atoms with van der Waals surface area (Å²) in [5.74, 6) is -3.29. The molecule has 0 aliphatic carbocycles. The number of aliphatic carboxylic acids is 2. The molecule has 0 saturated carbocycles. The minimum absolute atomic E-state index is 0.0317. The summed E-state index contributed by atoms with van der Waals surface area (Å²) < 4.78 is 10.9. The molecule has 0 aromatic heterocycles. The quantitative estimate of drug-likeness (QED) is 0.214. The zero-order valence-corrected chi connectivity index (χ0v) is 17.0. The summed E-state index contributed by atoms with van der Waals surface area (Å²) in [6.45, 7) is 9.06. The van der Waals surface area contributed by atoms with Crippen molar-refractivity contribution in [1.82, 2.24) is 10.2 Å². The second-order valence-electron chi connectivity index (χ2n) is 6.60. The van der Waals surface area contributed by atoms with Gasteiger partial charge in [0.15, 0.2) is 5.75 Å². The van der Waals surface area contributed by atoms with E-state index in [0.29, 0.717) is 12.4 Å².